The SMILES string of the molecule is CN(C)C(=O)CO[C@H]1CSC2(C1)CN(C(=O)C13CC4CC(CC(C4)C1)C3)C2. The quantitative estimate of drug-likeness (QED) is 0.737. The van der Waals surface area contributed by atoms with Crippen LogP contribution in [0.4, 0.5) is 0 Å². The molecule has 6 fully saturated rings. The maximum Gasteiger partial charge on any atom is 0.248 e. The third-order valence-corrected chi connectivity index (χ3v) is 9.43. The van der Waals surface area contributed by atoms with Crippen molar-refractivity contribution in [3.63, 3.8) is 0 Å². The maximum atomic E-state index is 13.4. The van der Waals surface area contributed by atoms with Gasteiger partial charge in [-0.25, -0.2) is 0 Å². The van der Waals surface area contributed by atoms with Crippen LogP contribution in [-0.4, -0.2) is 72.0 Å². The second kappa shape index (κ2) is 6.38. The molecule has 5 nitrogen and oxygen atoms in total. The van der Waals surface area contributed by atoms with Crippen LogP contribution in [0.3, 0.4) is 0 Å². The van der Waals surface area contributed by atoms with E-state index in [2.05, 4.69) is 4.90 Å². The molecule has 2 heterocycles. The number of carbonyl (C=O) groups excluding carboxylic acids is 2. The van der Waals surface area contributed by atoms with Crippen molar-refractivity contribution < 1.29 is 14.3 Å². The molecule has 6 aliphatic rings. The number of hydrogen-bond donors (Lipinski definition) is 0. The molecule has 0 N–H and O–H groups in total. The van der Waals surface area contributed by atoms with E-state index >= 15 is 0 Å². The number of carbonyl (C=O) groups is 2. The summed E-state index contributed by atoms with van der Waals surface area (Å²) in [6.07, 6.45) is 8.76. The standard InChI is InChI=1S/C21H32N2O3S/c1-22(2)18(24)10-26-17-9-21(27-11-17)12-23(13-21)19(25)20-6-14-3-15(7-20)5-16(4-14)8-20/h14-17H,3-13H2,1-2H3/t14?,15?,16?,17-,20?/m1/s1. The van der Waals surface area contributed by atoms with Crippen molar-refractivity contribution >= 4 is 23.6 Å². The second-order valence-corrected chi connectivity index (χ2v) is 11.8. The molecule has 1 atom stereocenters. The van der Waals surface area contributed by atoms with Gasteiger partial charge in [-0.1, -0.05) is 0 Å². The predicted octanol–water partition coefficient (Wildman–Crippen LogP) is 2.39. The highest BCUT2D eigenvalue weighted by Gasteiger charge is 2.59. The number of ether oxygens (including phenoxy) is 1. The molecule has 27 heavy (non-hydrogen) atoms. The average molecular weight is 393 g/mol. The number of hydrogen-bond acceptors (Lipinski definition) is 4. The van der Waals surface area contributed by atoms with E-state index in [-0.39, 0.29) is 28.8 Å². The molecule has 0 aromatic heterocycles. The molecule has 6 heteroatoms. The summed E-state index contributed by atoms with van der Waals surface area (Å²) < 4.78 is 6.02. The van der Waals surface area contributed by atoms with Gasteiger partial charge in [-0.15, -0.1) is 11.8 Å². The van der Waals surface area contributed by atoms with Gasteiger partial charge in [-0.3, -0.25) is 9.59 Å². The van der Waals surface area contributed by atoms with Crippen molar-refractivity contribution in [1.29, 1.82) is 0 Å². The largest absolute Gasteiger partial charge is 0.367 e. The Hall–Kier alpha value is -0.750. The minimum Gasteiger partial charge on any atom is -0.367 e. The minimum atomic E-state index is -0.00629. The first-order valence-corrected chi connectivity index (χ1v) is 11.6. The van der Waals surface area contributed by atoms with E-state index in [9.17, 15) is 9.59 Å². The molecule has 2 aliphatic heterocycles. The van der Waals surface area contributed by atoms with Crippen LogP contribution < -0.4 is 0 Å². The van der Waals surface area contributed by atoms with Crippen LogP contribution in [0.15, 0.2) is 0 Å². The first kappa shape index (κ1) is 18.3. The summed E-state index contributed by atoms with van der Waals surface area (Å²) in [7, 11) is 3.52. The summed E-state index contributed by atoms with van der Waals surface area (Å²) in [5.74, 6) is 3.91. The Morgan fingerprint density at radius 2 is 1.63 bits per heavy atom. The lowest BCUT2D eigenvalue weighted by Gasteiger charge is -2.59. The predicted molar refractivity (Wildman–Crippen MR) is 105 cm³/mol. The van der Waals surface area contributed by atoms with Gasteiger partial charge in [-0.05, 0) is 62.7 Å². The summed E-state index contributed by atoms with van der Waals surface area (Å²) in [6.45, 7) is 1.95. The van der Waals surface area contributed by atoms with Gasteiger partial charge < -0.3 is 14.5 Å². The van der Waals surface area contributed by atoms with Crippen LogP contribution in [0.1, 0.15) is 44.9 Å². The number of likely N-dealkylation sites (tertiary alicyclic amines) is 1. The monoisotopic (exact) mass is 392 g/mol. The van der Waals surface area contributed by atoms with Crippen molar-refractivity contribution in [2.24, 2.45) is 23.2 Å². The van der Waals surface area contributed by atoms with E-state index in [0.29, 0.717) is 5.91 Å². The fraction of sp³-hybridized carbons (Fsp3) is 0.905. The average Bonchev–Trinajstić information content (AvgIpc) is 3.01. The highest BCUT2D eigenvalue weighted by molar-refractivity contribution is 8.01. The molecule has 150 valence electrons. The lowest BCUT2D eigenvalue weighted by molar-refractivity contribution is -0.163. The number of likely N-dealkylation sites (N-methyl/N-ethyl adjacent to an activating group) is 1. The fourth-order valence-electron chi connectivity index (χ4n) is 6.95. The van der Waals surface area contributed by atoms with E-state index in [1.54, 1.807) is 19.0 Å². The lowest BCUT2D eigenvalue weighted by Crippen LogP contribution is -2.65. The van der Waals surface area contributed by atoms with Crippen molar-refractivity contribution in [2.75, 3.05) is 39.5 Å². The Labute approximate surface area is 166 Å². The van der Waals surface area contributed by atoms with Gasteiger partial charge in [0.1, 0.15) is 6.61 Å². The Morgan fingerprint density at radius 1 is 1.04 bits per heavy atom. The molecular formula is C21H32N2O3S. The van der Waals surface area contributed by atoms with Crippen LogP contribution in [-0.2, 0) is 14.3 Å². The molecule has 2 amide bonds. The summed E-state index contributed by atoms with van der Waals surface area (Å²) in [4.78, 5) is 28.9. The number of thioether (sulfide) groups is 1. The molecule has 1 spiro atoms. The number of amides is 2. The first-order chi connectivity index (χ1) is 12.9. The fourth-order valence-corrected chi connectivity index (χ4v) is 8.50. The molecule has 0 radical (unpaired) electrons. The molecule has 2 saturated heterocycles. The van der Waals surface area contributed by atoms with E-state index in [0.717, 1.165) is 62.3 Å². The smallest absolute Gasteiger partial charge is 0.248 e. The molecule has 6 rings (SSSR count). The molecule has 4 aliphatic carbocycles. The lowest BCUT2D eigenvalue weighted by atomic mass is 9.49. The zero-order valence-corrected chi connectivity index (χ0v) is 17.4. The first-order valence-electron chi connectivity index (χ1n) is 10.6. The third-order valence-electron chi connectivity index (χ3n) is 7.85. The van der Waals surface area contributed by atoms with E-state index < -0.39 is 0 Å². The van der Waals surface area contributed by atoms with Crippen LogP contribution in [0.5, 0.6) is 0 Å². The highest BCUT2D eigenvalue weighted by Crippen LogP contribution is 2.61. The van der Waals surface area contributed by atoms with E-state index in [4.69, 9.17) is 4.74 Å². The van der Waals surface area contributed by atoms with Crippen LogP contribution in [0.2, 0.25) is 0 Å². The van der Waals surface area contributed by atoms with E-state index in [1.807, 2.05) is 11.8 Å². The normalized spacial score (nSPS) is 41.0. The van der Waals surface area contributed by atoms with Gasteiger partial charge in [0.05, 0.1) is 16.3 Å². The van der Waals surface area contributed by atoms with Crippen molar-refractivity contribution in [1.82, 2.24) is 9.80 Å². The van der Waals surface area contributed by atoms with Crippen LogP contribution >= 0.6 is 11.8 Å². The van der Waals surface area contributed by atoms with Gasteiger partial charge in [-0.2, -0.15) is 0 Å². The van der Waals surface area contributed by atoms with Gasteiger partial charge >= 0.3 is 0 Å². The zero-order chi connectivity index (χ0) is 18.8. The number of nitrogens with zero attached hydrogens (tertiary/aromatic N) is 2. The highest BCUT2D eigenvalue weighted by atomic mass is 32.2. The van der Waals surface area contributed by atoms with Gasteiger partial charge in [0.2, 0.25) is 11.8 Å². The van der Waals surface area contributed by atoms with Gasteiger partial charge in [0, 0.05) is 32.9 Å². The zero-order valence-electron chi connectivity index (χ0n) is 16.6. The Bertz CT molecular complexity index is 608. The molecule has 0 unspecified atom stereocenters. The minimum absolute atomic E-state index is 0.00629. The Balaban J connectivity index is 1.16. The van der Waals surface area contributed by atoms with Crippen LogP contribution in [0, 0.1) is 23.2 Å². The molecular weight excluding hydrogens is 360 g/mol. The van der Waals surface area contributed by atoms with Gasteiger partial charge in [0.15, 0.2) is 0 Å². The third kappa shape index (κ3) is 3.11. The second-order valence-electron chi connectivity index (χ2n) is 10.3. The Kier molecular flexibility index (Phi) is 4.32. The molecule has 0 aromatic rings. The van der Waals surface area contributed by atoms with Crippen molar-refractivity contribution in [3.05, 3.63) is 0 Å². The summed E-state index contributed by atoms with van der Waals surface area (Å²) in [5, 5.41) is 0. The summed E-state index contributed by atoms with van der Waals surface area (Å²) in [5.41, 5.74) is -0.00629. The topological polar surface area (TPSA) is 49.9 Å². The van der Waals surface area contributed by atoms with E-state index in [1.165, 1.54) is 19.3 Å². The molecule has 4 bridgehead atoms. The Morgan fingerprint density at radius 3 is 2.19 bits per heavy atom. The maximum absolute atomic E-state index is 13.4. The van der Waals surface area contributed by atoms with Crippen molar-refractivity contribution in [3.8, 4) is 0 Å². The molecule has 0 aromatic carbocycles. The van der Waals surface area contributed by atoms with Crippen LogP contribution in [0.25, 0.3) is 0 Å². The summed E-state index contributed by atoms with van der Waals surface area (Å²) >= 11 is 1.95. The summed E-state index contributed by atoms with van der Waals surface area (Å²) in [6, 6.07) is 0. The number of rotatable bonds is 4. The van der Waals surface area contributed by atoms with Crippen molar-refractivity contribution in [2.45, 2.75) is 55.8 Å². The van der Waals surface area contributed by atoms with Gasteiger partial charge in [0.25, 0.3) is 0 Å². The molecule has 4 saturated carbocycles.